The zero-order valence-corrected chi connectivity index (χ0v) is 13.7. The molecule has 0 radical (unpaired) electrons. The normalized spacial score (nSPS) is 10.8. The van der Waals surface area contributed by atoms with Gasteiger partial charge in [0, 0.05) is 18.0 Å². The van der Waals surface area contributed by atoms with Gasteiger partial charge in [0.15, 0.2) is 0 Å². The molecule has 4 heteroatoms. The highest BCUT2D eigenvalue weighted by Crippen LogP contribution is 2.36. The summed E-state index contributed by atoms with van der Waals surface area (Å²) in [6.07, 6.45) is 1.66. The highest BCUT2D eigenvalue weighted by Gasteiger charge is 2.14. The molecular formula is C18H19N3S. The van der Waals surface area contributed by atoms with E-state index in [1.807, 2.05) is 13.0 Å². The van der Waals surface area contributed by atoms with Crippen molar-refractivity contribution in [1.82, 2.24) is 9.97 Å². The summed E-state index contributed by atoms with van der Waals surface area (Å²) in [5.74, 6) is 0.994. The third-order valence-electron chi connectivity index (χ3n) is 3.51. The Morgan fingerprint density at radius 3 is 2.68 bits per heavy atom. The first-order chi connectivity index (χ1) is 10.7. The Hall–Kier alpha value is -2.20. The minimum Gasteiger partial charge on any atom is -0.352 e. The topological polar surface area (TPSA) is 29.0 Å². The summed E-state index contributed by atoms with van der Waals surface area (Å²) in [7, 11) is 0. The van der Waals surface area contributed by atoms with Gasteiger partial charge in [-0.2, -0.15) is 0 Å². The average molecular weight is 309 g/mol. The van der Waals surface area contributed by atoms with Crippen molar-refractivity contribution < 1.29 is 0 Å². The van der Waals surface area contributed by atoms with E-state index in [4.69, 9.17) is 0 Å². The van der Waals surface area contributed by atoms with Crippen LogP contribution in [0.4, 0.5) is 5.82 Å². The van der Waals surface area contributed by atoms with Gasteiger partial charge in [0.1, 0.15) is 17.0 Å². The maximum atomic E-state index is 4.52. The van der Waals surface area contributed by atoms with Crippen LogP contribution in [0.1, 0.15) is 13.8 Å². The fourth-order valence-corrected chi connectivity index (χ4v) is 3.50. The molecule has 2 aromatic heterocycles. The number of likely N-dealkylation sites (N-methyl/N-ethyl adjacent to an activating group) is 1. The van der Waals surface area contributed by atoms with Gasteiger partial charge < -0.3 is 4.90 Å². The molecule has 0 aliphatic carbocycles. The first-order valence-electron chi connectivity index (χ1n) is 7.38. The van der Waals surface area contributed by atoms with E-state index < -0.39 is 0 Å². The zero-order valence-electron chi connectivity index (χ0n) is 12.9. The minimum atomic E-state index is 0.819. The predicted molar refractivity (Wildman–Crippen MR) is 95.6 cm³/mol. The van der Waals surface area contributed by atoms with E-state index in [0.29, 0.717) is 0 Å². The molecular weight excluding hydrogens is 290 g/mol. The van der Waals surface area contributed by atoms with Crippen LogP contribution in [0.3, 0.4) is 0 Å². The number of anilines is 1. The second-order valence-electron chi connectivity index (χ2n) is 5.36. The molecule has 0 spiro atoms. The van der Waals surface area contributed by atoms with Crippen LogP contribution in [-0.4, -0.2) is 23.1 Å². The maximum absolute atomic E-state index is 4.52. The van der Waals surface area contributed by atoms with Crippen LogP contribution in [0, 0.1) is 0 Å². The van der Waals surface area contributed by atoms with Crippen LogP contribution in [0.5, 0.6) is 0 Å². The van der Waals surface area contributed by atoms with Crippen molar-refractivity contribution in [3.8, 4) is 10.4 Å². The van der Waals surface area contributed by atoms with Gasteiger partial charge in [-0.15, -0.1) is 11.3 Å². The lowest BCUT2D eigenvalue weighted by Gasteiger charge is -2.22. The van der Waals surface area contributed by atoms with Crippen LogP contribution in [-0.2, 0) is 0 Å². The summed E-state index contributed by atoms with van der Waals surface area (Å²) in [5, 5.41) is 1.12. The molecule has 2 heterocycles. The Morgan fingerprint density at radius 1 is 1.23 bits per heavy atom. The van der Waals surface area contributed by atoms with Crippen molar-refractivity contribution in [2.24, 2.45) is 0 Å². The number of hydrogen-bond acceptors (Lipinski definition) is 4. The lowest BCUT2D eigenvalue weighted by atomic mass is 10.2. The summed E-state index contributed by atoms with van der Waals surface area (Å²) >= 11 is 1.71. The Kier molecular flexibility index (Phi) is 4.20. The SMILES string of the molecule is C=C(C)CN(CC)c1ncnc2sc(-c3ccccc3)cc12. The first-order valence-corrected chi connectivity index (χ1v) is 8.20. The zero-order chi connectivity index (χ0) is 15.5. The molecule has 0 N–H and O–H groups in total. The Labute approximate surface area is 135 Å². The third kappa shape index (κ3) is 2.88. The maximum Gasteiger partial charge on any atom is 0.141 e. The van der Waals surface area contributed by atoms with Crippen LogP contribution >= 0.6 is 11.3 Å². The van der Waals surface area contributed by atoms with Gasteiger partial charge in [0.2, 0.25) is 0 Å². The van der Waals surface area contributed by atoms with Crippen molar-refractivity contribution in [3.63, 3.8) is 0 Å². The number of benzene rings is 1. The lowest BCUT2D eigenvalue weighted by molar-refractivity contribution is 0.862. The lowest BCUT2D eigenvalue weighted by Crippen LogP contribution is -2.25. The van der Waals surface area contributed by atoms with Crippen molar-refractivity contribution in [2.45, 2.75) is 13.8 Å². The highest BCUT2D eigenvalue weighted by molar-refractivity contribution is 7.21. The van der Waals surface area contributed by atoms with Crippen molar-refractivity contribution in [2.75, 3.05) is 18.0 Å². The van der Waals surface area contributed by atoms with E-state index in [9.17, 15) is 0 Å². The molecule has 22 heavy (non-hydrogen) atoms. The molecule has 0 amide bonds. The second kappa shape index (κ2) is 6.28. The van der Waals surface area contributed by atoms with Gasteiger partial charge in [-0.1, -0.05) is 42.5 Å². The van der Waals surface area contributed by atoms with Crippen LogP contribution in [0.2, 0.25) is 0 Å². The number of aromatic nitrogens is 2. The molecule has 3 aromatic rings. The van der Waals surface area contributed by atoms with Crippen molar-refractivity contribution in [1.29, 1.82) is 0 Å². The average Bonchev–Trinajstić information content (AvgIpc) is 2.97. The molecule has 0 atom stereocenters. The third-order valence-corrected chi connectivity index (χ3v) is 4.60. The van der Waals surface area contributed by atoms with E-state index in [1.165, 1.54) is 10.4 Å². The largest absolute Gasteiger partial charge is 0.352 e. The first kappa shape index (κ1) is 14.7. The molecule has 3 nitrogen and oxygen atoms in total. The van der Waals surface area contributed by atoms with Gasteiger partial charge in [0.05, 0.1) is 5.39 Å². The summed E-state index contributed by atoms with van der Waals surface area (Å²) in [6, 6.07) is 12.6. The molecule has 0 unspecified atom stereocenters. The summed E-state index contributed by atoms with van der Waals surface area (Å²) < 4.78 is 0. The van der Waals surface area contributed by atoms with E-state index in [2.05, 4.69) is 58.7 Å². The van der Waals surface area contributed by atoms with Crippen molar-refractivity contribution >= 4 is 27.4 Å². The van der Waals surface area contributed by atoms with Crippen molar-refractivity contribution in [3.05, 3.63) is 54.9 Å². The van der Waals surface area contributed by atoms with E-state index in [1.54, 1.807) is 17.7 Å². The van der Waals surface area contributed by atoms with E-state index in [-0.39, 0.29) is 0 Å². The fraction of sp³-hybridized carbons (Fsp3) is 0.222. The monoisotopic (exact) mass is 309 g/mol. The number of thiophene rings is 1. The van der Waals surface area contributed by atoms with Gasteiger partial charge in [0.25, 0.3) is 0 Å². The molecule has 0 bridgehead atoms. The highest BCUT2D eigenvalue weighted by atomic mass is 32.1. The number of fused-ring (bicyclic) bond motifs is 1. The number of rotatable bonds is 5. The smallest absolute Gasteiger partial charge is 0.141 e. The van der Waals surface area contributed by atoms with E-state index in [0.717, 1.165) is 34.7 Å². The Morgan fingerprint density at radius 2 is 2.00 bits per heavy atom. The number of hydrogen-bond donors (Lipinski definition) is 0. The fourth-order valence-electron chi connectivity index (χ4n) is 2.50. The Bertz CT molecular complexity index is 792. The minimum absolute atomic E-state index is 0.819. The summed E-state index contributed by atoms with van der Waals surface area (Å²) in [6.45, 7) is 9.92. The Balaban J connectivity index is 2.09. The molecule has 0 saturated carbocycles. The quantitative estimate of drug-likeness (QED) is 0.636. The molecule has 0 aliphatic rings. The van der Waals surface area contributed by atoms with Gasteiger partial charge in [-0.05, 0) is 25.5 Å². The predicted octanol–water partition coefficient (Wildman–Crippen LogP) is 4.76. The van der Waals surface area contributed by atoms with Crippen LogP contribution in [0.25, 0.3) is 20.7 Å². The standard InChI is InChI=1S/C18H19N3S/c1-4-21(11-13(2)3)17-15-10-16(14-8-6-5-7-9-14)22-18(15)20-12-19-17/h5-10,12H,2,4,11H2,1,3H3. The van der Waals surface area contributed by atoms with Gasteiger partial charge >= 0.3 is 0 Å². The summed E-state index contributed by atoms with van der Waals surface area (Å²) in [4.78, 5) is 13.5. The van der Waals surface area contributed by atoms with Gasteiger partial charge in [-0.25, -0.2) is 9.97 Å². The molecule has 1 aromatic carbocycles. The summed E-state index contributed by atoms with van der Waals surface area (Å²) in [5.41, 5.74) is 2.35. The number of nitrogens with zero attached hydrogens (tertiary/aromatic N) is 3. The van der Waals surface area contributed by atoms with Crippen LogP contribution in [0.15, 0.2) is 54.9 Å². The van der Waals surface area contributed by atoms with E-state index >= 15 is 0 Å². The molecule has 0 saturated heterocycles. The van der Waals surface area contributed by atoms with Crippen LogP contribution < -0.4 is 4.90 Å². The molecule has 0 fully saturated rings. The van der Waals surface area contributed by atoms with Gasteiger partial charge in [-0.3, -0.25) is 0 Å². The molecule has 0 aliphatic heterocycles. The second-order valence-corrected chi connectivity index (χ2v) is 6.39. The molecule has 3 rings (SSSR count). The molecule has 112 valence electrons.